The van der Waals surface area contributed by atoms with E-state index in [2.05, 4.69) is 35.8 Å². The van der Waals surface area contributed by atoms with Crippen molar-refractivity contribution in [2.45, 2.75) is 74.6 Å². The minimum absolute atomic E-state index is 0.0419. The maximum Gasteiger partial charge on any atom is 0.352 e. The van der Waals surface area contributed by atoms with E-state index in [1.807, 2.05) is 12.1 Å². The summed E-state index contributed by atoms with van der Waals surface area (Å²) < 4.78 is 5.58. The predicted octanol–water partition coefficient (Wildman–Crippen LogP) is 9.11. The number of hydrogen-bond acceptors (Lipinski definition) is 17. The van der Waals surface area contributed by atoms with Crippen molar-refractivity contribution < 1.29 is 39.0 Å². The molecular weight excluding hydrogens is 1070 g/mol. The van der Waals surface area contributed by atoms with Crippen LogP contribution < -0.4 is 21.8 Å². The highest BCUT2D eigenvalue weighted by atomic mass is 35.5. The first kappa shape index (κ1) is 56.5. The molecule has 0 saturated carbocycles. The van der Waals surface area contributed by atoms with E-state index < -0.39 is 58.5 Å². The SMILES string of the molecule is CC(C)(C)C(=O)n1nc(-c2ccc(C(=O)O)n(CC(=O)c3ccncc3)c2=O)cc1NCc1ccc(Cl)s1.Cc1c(C(=O)O)cc(-c2cc(NCc3ccc(Cl)s3)n(C(=O)C(C)(C)C)n2)c(=O)n1CC(=O)c1cncnc1. The van der Waals surface area contributed by atoms with E-state index in [9.17, 15) is 48.6 Å². The number of Topliss-reactive ketones (excluding diaryl/α,β-unsaturated/α-hetero) is 2. The molecule has 8 aromatic heterocycles. The molecule has 0 fully saturated rings. The zero-order valence-corrected chi connectivity index (χ0v) is 45.5. The Bertz CT molecular complexity index is 3700. The number of aromatic carboxylic acids is 2. The molecule has 8 heterocycles. The molecule has 0 unspecified atom stereocenters. The summed E-state index contributed by atoms with van der Waals surface area (Å²) in [5.74, 6) is -3.56. The number of rotatable bonds is 16. The highest BCUT2D eigenvalue weighted by Crippen LogP contribution is 2.30. The van der Waals surface area contributed by atoms with Crippen molar-refractivity contribution in [3.63, 3.8) is 0 Å². The monoisotopic (exact) mass is 1120 g/mol. The van der Waals surface area contributed by atoms with Gasteiger partial charge >= 0.3 is 11.9 Å². The van der Waals surface area contributed by atoms with E-state index >= 15 is 0 Å². The first-order valence-electron chi connectivity index (χ1n) is 23.2. The van der Waals surface area contributed by atoms with Crippen molar-refractivity contribution in [1.29, 1.82) is 0 Å². The van der Waals surface area contributed by atoms with Crippen molar-refractivity contribution in [3.8, 4) is 22.5 Å². The molecule has 77 heavy (non-hydrogen) atoms. The normalized spacial score (nSPS) is 11.4. The van der Waals surface area contributed by atoms with E-state index in [4.69, 9.17) is 23.2 Å². The summed E-state index contributed by atoms with van der Waals surface area (Å²) in [4.78, 5) is 116. The lowest BCUT2D eigenvalue weighted by Crippen LogP contribution is -2.30. The molecule has 0 bridgehead atoms. The largest absolute Gasteiger partial charge is 0.478 e. The molecule has 0 aliphatic heterocycles. The van der Waals surface area contributed by atoms with Gasteiger partial charge in [0.05, 0.1) is 57.1 Å². The molecule has 0 amide bonds. The summed E-state index contributed by atoms with van der Waals surface area (Å²) in [5.41, 5.74) is -2.72. The standard InChI is InChI=1S/C26H25ClN6O5S.C26H24ClN5O5S/c1-14-17(24(36)37)7-18(23(35)32(14)12-20(34)15-9-28-13-29-10-15)19-8-22(30-11-16-5-6-21(27)39-16)33(31-19)25(38)26(2,3)4;1-26(2,3)25(37)32-22(29-13-16-4-7-21(27)38-16)12-18(30-32)17-5-6-19(24(35)36)31(23(17)34)14-20(33)15-8-10-28-11-9-15/h5-10,13,30H,11-12H2,1-4H3,(H,36,37);4-12,29H,13-14H2,1-3H3,(H,35,36). The summed E-state index contributed by atoms with van der Waals surface area (Å²) >= 11 is 14.8. The molecule has 398 valence electrons. The van der Waals surface area contributed by atoms with Crippen molar-refractivity contribution in [1.82, 2.24) is 43.6 Å². The van der Waals surface area contributed by atoms with Crippen LogP contribution in [0.25, 0.3) is 22.5 Å². The van der Waals surface area contributed by atoms with Gasteiger partial charge in [0.25, 0.3) is 22.9 Å². The average molecular weight is 1120 g/mol. The Kier molecular flexibility index (Phi) is 17.1. The molecule has 0 aliphatic carbocycles. The second-order valence-electron chi connectivity index (χ2n) is 19.2. The van der Waals surface area contributed by atoms with Crippen molar-refractivity contribution >= 4 is 92.8 Å². The predicted molar refractivity (Wildman–Crippen MR) is 291 cm³/mol. The van der Waals surface area contributed by atoms with Crippen molar-refractivity contribution in [2.75, 3.05) is 10.6 Å². The van der Waals surface area contributed by atoms with Gasteiger partial charge in [0.2, 0.25) is 0 Å². The van der Waals surface area contributed by atoms with E-state index in [0.717, 1.165) is 18.9 Å². The minimum Gasteiger partial charge on any atom is -0.478 e. The lowest BCUT2D eigenvalue weighted by molar-refractivity contribution is 0.0676. The number of ketones is 2. The highest BCUT2D eigenvalue weighted by Gasteiger charge is 2.30. The van der Waals surface area contributed by atoms with Crippen molar-refractivity contribution in [3.05, 3.63) is 165 Å². The molecule has 8 rings (SSSR count). The molecule has 0 atom stereocenters. The van der Waals surface area contributed by atoms with Crippen LogP contribution in [-0.4, -0.2) is 89.2 Å². The third-order valence-corrected chi connectivity index (χ3v) is 13.9. The van der Waals surface area contributed by atoms with Crippen molar-refractivity contribution in [2.24, 2.45) is 10.8 Å². The fraction of sp³-hybridized carbons (Fsp3) is 0.250. The number of carboxylic acids is 2. The number of pyridine rings is 3. The topological polar surface area (TPSA) is 285 Å². The molecule has 0 aromatic carbocycles. The van der Waals surface area contributed by atoms with E-state index in [-0.39, 0.29) is 62.4 Å². The number of carboxylic acid groups (broad SMARTS) is 2. The van der Waals surface area contributed by atoms with Crippen LogP contribution in [0.1, 0.15) is 108 Å². The van der Waals surface area contributed by atoms with Crippen LogP contribution in [0.15, 0.2) is 107 Å². The van der Waals surface area contributed by atoms with Gasteiger partial charge < -0.3 is 25.4 Å². The van der Waals surface area contributed by atoms with Crippen LogP contribution in [0.2, 0.25) is 8.67 Å². The van der Waals surface area contributed by atoms with Gasteiger partial charge in [0.1, 0.15) is 35.0 Å². The van der Waals surface area contributed by atoms with Crippen LogP contribution in [0.4, 0.5) is 11.6 Å². The van der Waals surface area contributed by atoms with Gasteiger partial charge in [-0.3, -0.25) is 38.3 Å². The van der Waals surface area contributed by atoms with Gasteiger partial charge in [-0.15, -0.1) is 22.7 Å². The Morgan fingerprint density at radius 2 is 1.08 bits per heavy atom. The van der Waals surface area contributed by atoms with Crippen LogP contribution >= 0.6 is 45.9 Å². The lowest BCUT2D eigenvalue weighted by Gasteiger charge is -2.18. The van der Waals surface area contributed by atoms with Gasteiger partial charge in [0, 0.05) is 68.8 Å². The molecule has 0 saturated heterocycles. The lowest BCUT2D eigenvalue weighted by atomic mass is 9.96. The maximum absolute atomic E-state index is 13.6. The van der Waals surface area contributed by atoms with Gasteiger partial charge in [0.15, 0.2) is 11.6 Å². The smallest absolute Gasteiger partial charge is 0.352 e. The van der Waals surface area contributed by atoms with E-state index in [0.29, 0.717) is 33.4 Å². The summed E-state index contributed by atoms with van der Waals surface area (Å²) in [6, 6.07) is 17.0. The second kappa shape index (κ2) is 23.3. The molecule has 4 N–H and O–H groups in total. The quantitative estimate of drug-likeness (QED) is 0.0656. The highest BCUT2D eigenvalue weighted by molar-refractivity contribution is 7.16. The fourth-order valence-electron chi connectivity index (χ4n) is 7.38. The zero-order chi connectivity index (χ0) is 56.1. The van der Waals surface area contributed by atoms with E-state index in [1.165, 1.54) is 106 Å². The first-order chi connectivity index (χ1) is 36.3. The Labute approximate surface area is 456 Å². The second-order valence-corrected chi connectivity index (χ2v) is 22.8. The Hall–Kier alpha value is -8.25. The minimum atomic E-state index is -1.36. The maximum atomic E-state index is 13.6. The van der Waals surface area contributed by atoms with Gasteiger partial charge in [-0.2, -0.15) is 19.6 Å². The molecule has 0 spiro atoms. The van der Waals surface area contributed by atoms with E-state index in [1.54, 1.807) is 59.7 Å². The number of carbonyl (C=O) groups excluding carboxylic acids is 4. The molecule has 0 radical (unpaired) electrons. The molecular formula is C52H49Cl2N11O10S2. The number of hydrogen-bond donors (Lipinski definition) is 4. The number of aromatic nitrogens is 9. The van der Waals surface area contributed by atoms with Crippen LogP contribution in [0.3, 0.4) is 0 Å². The van der Waals surface area contributed by atoms with Gasteiger partial charge in [-0.25, -0.2) is 19.6 Å². The fourth-order valence-corrected chi connectivity index (χ4v) is 9.44. The first-order valence-corrected chi connectivity index (χ1v) is 25.6. The van der Waals surface area contributed by atoms with Crippen LogP contribution in [0, 0.1) is 17.8 Å². The van der Waals surface area contributed by atoms with Crippen LogP contribution in [-0.2, 0) is 26.2 Å². The number of thiophene rings is 2. The Balaban J connectivity index is 0.000000224. The Morgan fingerprint density at radius 1 is 0.597 bits per heavy atom. The van der Waals surface area contributed by atoms with Gasteiger partial charge in [-0.05, 0) is 61.5 Å². The number of halogens is 2. The number of nitrogens with one attached hydrogen (secondary N) is 2. The number of nitrogens with zero attached hydrogens (tertiary/aromatic N) is 9. The average Bonchev–Trinajstić information content (AvgIpc) is 4.22. The summed E-state index contributed by atoms with van der Waals surface area (Å²) in [6.07, 6.45) is 6.77. The summed E-state index contributed by atoms with van der Waals surface area (Å²) in [7, 11) is 0. The summed E-state index contributed by atoms with van der Waals surface area (Å²) in [5, 5.41) is 34.7. The van der Waals surface area contributed by atoms with Gasteiger partial charge in [-0.1, -0.05) is 64.7 Å². The molecule has 25 heteroatoms. The molecule has 0 aliphatic rings. The Morgan fingerprint density at radius 3 is 1.55 bits per heavy atom. The molecule has 21 nitrogen and oxygen atoms in total. The third-order valence-electron chi connectivity index (χ3n) is 11.5. The zero-order valence-electron chi connectivity index (χ0n) is 42.3. The third kappa shape index (κ3) is 13.2. The number of carbonyl (C=O) groups is 6. The molecule has 8 aromatic rings. The van der Waals surface area contributed by atoms with Crippen LogP contribution in [0.5, 0.6) is 0 Å². The number of anilines is 2. The summed E-state index contributed by atoms with van der Waals surface area (Å²) in [6.45, 7) is 11.7.